The molecule has 0 spiro atoms. The number of ketones is 2. The summed E-state index contributed by atoms with van der Waals surface area (Å²) in [6.45, 7) is 2.85. The molecule has 0 amide bonds. The Bertz CT molecular complexity index is 6370. The van der Waals surface area contributed by atoms with Gasteiger partial charge >= 0.3 is 18.3 Å². The predicted molar refractivity (Wildman–Crippen MR) is 565 cm³/mol. The summed E-state index contributed by atoms with van der Waals surface area (Å²) in [6, 6.07) is 120. The second kappa shape index (κ2) is 62.8. The number of benzene rings is 10. The van der Waals surface area contributed by atoms with Crippen molar-refractivity contribution in [3.8, 4) is 79.5 Å². The minimum absolute atomic E-state index is 0. The summed E-state index contributed by atoms with van der Waals surface area (Å²) in [7, 11) is 16.2. The Balaban J connectivity index is 0.000000244. The Morgan fingerprint density at radius 1 is 0.315 bits per heavy atom. The van der Waals surface area contributed by atoms with Gasteiger partial charge in [-0.25, -0.2) is 9.78 Å². The zero-order valence-corrected chi connectivity index (χ0v) is 95.0. The number of carbonyl (C=O) groups is 3. The number of aliphatic hydroxyl groups excluding tert-OH is 2. The number of hydrogen-bond donors (Lipinski definition) is 3. The van der Waals surface area contributed by atoms with Crippen LogP contribution in [0.2, 0.25) is 0 Å². The van der Waals surface area contributed by atoms with Gasteiger partial charge in [0.1, 0.15) is 22.9 Å². The van der Waals surface area contributed by atoms with E-state index in [2.05, 4.69) is 232 Å². The predicted octanol–water partition coefficient (Wildman–Crippen LogP) is 29.3. The molecule has 20 nitrogen and oxygen atoms in total. The first kappa shape index (κ1) is 123. The molecule has 0 aliphatic carbocycles. The second-order valence-electron chi connectivity index (χ2n) is 31.4. The van der Waals surface area contributed by atoms with Gasteiger partial charge in [0.2, 0.25) is 5.76 Å². The Kier molecular flexibility index (Phi) is 51.7. The first-order chi connectivity index (χ1) is 69.7. The molecule has 0 saturated heterocycles. The molecule has 0 bridgehead atoms. The summed E-state index contributed by atoms with van der Waals surface area (Å²) in [5.41, 5.74) is 11.7. The first-order valence-corrected chi connectivity index (χ1v) is 48.2. The average Bonchev–Trinajstić information content (AvgIpc) is 0.817. The summed E-state index contributed by atoms with van der Waals surface area (Å²) in [5, 5.41) is 24.6. The van der Waals surface area contributed by atoms with E-state index in [1.165, 1.54) is 61.6 Å². The third kappa shape index (κ3) is 41.6. The first-order valence-electron chi connectivity index (χ1n) is 44.2. The molecule has 7 aromatic heterocycles. The summed E-state index contributed by atoms with van der Waals surface area (Å²) in [6.07, 6.45) is 4.97. The largest absolute Gasteiger partial charge is 0.512 e. The van der Waals surface area contributed by atoms with Crippen LogP contribution in [0.25, 0.3) is 45.0 Å². The van der Waals surface area contributed by atoms with Gasteiger partial charge in [-0.2, -0.15) is 26.3 Å². The van der Waals surface area contributed by atoms with Crippen molar-refractivity contribution in [2.75, 3.05) is 76.0 Å². The van der Waals surface area contributed by atoms with E-state index in [0.717, 1.165) is 98.9 Å². The van der Waals surface area contributed by atoms with Crippen molar-refractivity contribution in [3.63, 3.8) is 0 Å². The van der Waals surface area contributed by atoms with Crippen LogP contribution in [0.4, 0.5) is 49.1 Å². The molecule has 149 heavy (non-hydrogen) atoms. The number of para-hydroxylation sites is 1. The number of nitrogens with zero attached hydrogens (tertiary/aromatic N) is 11. The maximum Gasteiger partial charge on any atom is 0.454 e. The fourth-order valence-corrected chi connectivity index (χ4v) is 17.2. The number of carboxylic acids is 1. The van der Waals surface area contributed by atoms with Crippen LogP contribution in [0, 0.1) is 24.3 Å². The molecule has 17 rings (SSSR count). The van der Waals surface area contributed by atoms with Crippen LogP contribution in [0.5, 0.6) is 34.5 Å². The van der Waals surface area contributed by atoms with Crippen LogP contribution >= 0.6 is 58.8 Å². The molecule has 0 aliphatic heterocycles. The van der Waals surface area contributed by atoms with Gasteiger partial charge in [-0.05, 0) is 170 Å². The van der Waals surface area contributed by atoms with Gasteiger partial charge in [-0.3, -0.25) is 19.6 Å². The molecular weight excluding hydrogens is 2710 g/mol. The normalized spacial score (nSPS) is 10.6. The second-order valence-corrected chi connectivity index (χ2v) is 37.0. The van der Waals surface area contributed by atoms with Gasteiger partial charge in [-0.15, -0.1) is 136 Å². The number of allylic oxidation sites excluding steroid dienone is 4. The van der Waals surface area contributed by atoms with E-state index in [0.29, 0.717) is 23.0 Å². The topological polar surface area (TPSA) is 243 Å². The summed E-state index contributed by atoms with van der Waals surface area (Å²) in [5.74, 6) is -2.43. The van der Waals surface area contributed by atoms with Crippen LogP contribution in [0.15, 0.2) is 450 Å². The van der Waals surface area contributed by atoms with Crippen molar-refractivity contribution < 1.29 is 151 Å². The zero-order chi connectivity index (χ0) is 104. The van der Waals surface area contributed by atoms with E-state index in [9.17, 15) is 40.7 Å². The molecule has 774 valence electrons. The maximum absolute atomic E-state index is 11.4. The summed E-state index contributed by atoms with van der Waals surface area (Å²) < 4.78 is 86.1. The third-order valence-corrected chi connectivity index (χ3v) is 24.4. The quantitative estimate of drug-likeness (QED) is 0.0187. The van der Waals surface area contributed by atoms with Gasteiger partial charge in [0.25, 0.3) is 5.78 Å². The van der Waals surface area contributed by atoms with Crippen LogP contribution in [-0.2, 0) is 90.0 Å². The van der Waals surface area contributed by atoms with Crippen molar-refractivity contribution in [1.82, 2.24) is 34.9 Å². The number of halogens is 6. The zero-order valence-electron chi connectivity index (χ0n) is 81.3. The van der Waals surface area contributed by atoms with Crippen molar-refractivity contribution in [2.45, 2.75) is 75.2 Å². The van der Waals surface area contributed by atoms with E-state index >= 15 is 0 Å². The smallest absolute Gasteiger partial charge is 0.454 e. The summed E-state index contributed by atoms with van der Waals surface area (Å²) in [4.78, 5) is 80.1. The van der Waals surface area contributed by atoms with Crippen molar-refractivity contribution >= 4 is 99.1 Å². The Morgan fingerprint density at radius 2 is 0.638 bits per heavy atom. The monoisotopic (exact) mass is 2810 g/mol. The minimum atomic E-state index is -5.42. The number of alkyl halides is 6. The van der Waals surface area contributed by atoms with Crippen LogP contribution < -0.4 is 33.8 Å². The molecule has 0 atom stereocenters. The van der Waals surface area contributed by atoms with Crippen molar-refractivity contribution in [1.29, 1.82) is 0 Å². The van der Waals surface area contributed by atoms with E-state index in [1.807, 2.05) is 219 Å². The minimum Gasteiger partial charge on any atom is -0.512 e. The molecule has 0 saturated carbocycles. The van der Waals surface area contributed by atoms with E-state index in [1.54, 1.807) is 108 Å². The van der Waals surface area contributed by atoms with Crippen molar-refractivity contribution in [2.24, 2.45) is 0 Å². The van der Waals surface area contributed by atoms with Crippen LogP contribution in [0.3, 0.4) is 0 Å². The molecule has 3 N–H and O–H groups in total. The molecular formula is C114H97F6Ir4N11O9S5-4. The van der Waals surface area contributed by atoms with E-state index in [4.69, 9.17) is 29.5 Å². The van der Waals surface area contributed by atoms with Gasteiger partial charge < -0.3 is 69.1 Å². The number of carboxylic acid groups (broad SMARTS) is 1. The number of aromatic nitrogens is 7. The number of pyridine rings is 7. The van der Waals surface area contributed by atoms with Crippen molar-refractivity contribution in [3.05, 3.63) is 431 Å². The SMILES string of the molecule is CC(=O)C=C(C)O.CN(C)c1ccnc(-c2[c-]cc(Oc3ccccc3)cc2Sc2ccccc2)c1.CN(C)c1ccnc(-c2[c-]cc(Oc3cccnc3)cc2Oc2cccnc2)c1.CN(C)c1ccnc(-c2[c-]cc(Sc3ccccc3)cc2Sc2ccccc2)c1.CN(C)c1ccnc(-c2[c-]cc(Sc3ccccc3)cc2Sc2ccccc2)c1.O=C(C=C(O)C(F)(F)F)C(F)(F)F.O=C(O)c1ccccn1.[Ir].[Ir].[Ir].[Ir]. The number of aromatic carboxylic acids is 1. The average molecular weight is 2810 g/mol. The fraction of sp³-hybridized carbons (Fsp3) is 0.105. The molecule has 17 aromatic rings. The molecule has 0 fully saturated rings. The number of carbonyl (C=O) groups excluding carboxylic acids is 2. The molecule has 0 unspecified atom stereocenters. The molecule has 35 heteroatoms. The third-order valence-electron chi connectivity index (χ3n) is 19.3. The number of aliphatic hydroxyl groups is 2. The Hall–Kier alpha value is -13.3. The maximum atomic E-state index is 11.4. The van der Waals surface area contributed by atoms with Crippen LogP contribution in [-0.4, -0.2) is 136 Å². The molecule has 10 aromatic carbocycles. The number of ether oxygens (including phenoxy) is 3. The Morgan fingerprint density at radius 3 is 0.953 bits per heavy atom. The van der Waals surface area contributed by atoms with Gasteiger partial charge in [0, 0.05) is 257 Å². The molecule has 7 heterocycles. The van der Waals surface area contributed by atoms with Crippen LogP contribution in [0.1, 0.15) is 24.3 Å². The molecule has 0 aliphatic rings. The Labute approximate surface area is 937 Å². The number of hydrogen-bond acceptors (Lipinski definition) is 24. The van der Waals surface area contributed by atoms with E-state index < -0.39 is 35.9 Å². The summed E-state index contributed by atoms with van der Waals surface area (Å²) >= 11 is 8.68. The standard InChI is InChI=1S/C25H21N2OS.2C25H21N2S2.C23H19N4O2.C6H5NO2.C5H2F6O2.C5H8O2.4Ir/c1-27(2)19-15-16-26-24(17-19)23-14-13-21(28-20-9-5-3-6-10-20)18-25(23)29-22-11-7-4-8-12-22;2*1-27(2)19-15-16-26-24(17-19)23-14-13-22(28-20-9-5-3-6-10-20)18-25(23)29-21-11-7-4-8-12-21;1-27(2)17-9-12-26-22(13-17)21-8-7-18(28-19-5-3-10-24-15-19)14-23(21)29-20-6-4-11-25-16-20;8-6(9)5-3-1-2-4-7-5;6-4(7,8)2(12)1-3(13)5(9,10)11;1-4(6)3-5(2)7;;;;/h3*3-13,15-18H,1-2H3;3-7,9-16H,1-2H3;1-4H,(H,8,9);1,12H;3,6H,1-2H3;;;;/q4*-1;;;;;;;. The van der Waals surface area contributed by atoms with Gasteiger partial charge in [-0.1, -0.05) is 182 Å². The van der Waals surface area contributed by atoms with E-state index in [-0.39, 0.29) is 97.7 Å². The molecule has 4 radical (unpaired) electrons. The van der Waals surface area contributed by atoms with Gasteiger partial charge in [0.05, 0.1) is 18.2 Å². The number of rotatable bonds is 27. The van der Waals surface area contributed by atoms with Gasteiger partial charge in [0.15, 0.2) is 5.78 Å². The number of anilines is 4. The fourth-order valence-electron chi connectivity index (χ4n) is 12.4.